The van der Waals surface area contributed by atoms with E-state index in [4.69, 9.17) is 21.8 Å². The highest BCUT2D eigenvalue weighted by molar-refractivity contribution is 7.91. The normalized spacial score (nSPS) is 20.0. The van der Waals surface area contributed by atoms with Gasteiger partial charge in [-0.3, -0.25) is 4.79 Å². The van der Waals surface area contributed by atoms with Crippen LogP contribution in [0.5, 0.6) is 0 Å². The first-order valence-corrected chi connectivity index (χ1v) is 13.2. The Kier molecular flexibility index (Phi) is 6.24. The van der Waals surface area contributed by atoms with Crippen LogP contribution in [0.15, 0.2) is 45.7 Å². The van der Waals surface area contributed by atoms with Crippen LogP contribution in [0.2, 0.25) is 5.02 Å². The van der Waals surface area contributed by atoms with Crippen molar-refractivity contribution in [1.29, 1.82) is 0 Å². The topological polar surface area (TPSA) is 131 Å². The molecule has 2 aliphatic rings. The van der Waals surface area contributed by atoms with Crippen molar-refractivity contribution in [3.05, 3.63) is 52.8 Å². The first-order valence-electron chi connectivity index (χ1n) is 11.2. The van der Waals surface area contributed by atoms with Gasteiger partial charge in [0.1, 0.15) is 5.82 Å². The number of nitrogens with one attached hydrogen (secondary N) is 1. The molecular formula is C23H23ClFN5O4S. The Balaban J connectivity index is 1.57. The lowest BCUT2D eigenvalue weighted by Gasteiger charge is -2.24. The molecule has 0 bridgehead atoms. The van der Waals surface area contributed by atoms with Crippen LogP contribution in [0.4, 0.5) is 16.1 Å². The molecule has 1 aliphatic carbocycles. The number of fused-ring (bicyclic) bond motifs is 1. The van der Waals surface area contributed by atoms with E-state index in [2.05, 4.69) is 15.5 Å². The smallest absolute Gasteiger partial charge is 0.315 e. The molecule has 0 radical (unpaired) electrons. The third-order valence-corrected chi connectivity index (χ3v) is 8.30. The fourth-order valence-corrected chi connectivity index (χ4v) is 6.15. The van der Waals surface area contributed by atoms with Crippen LogP contribution in [-0.2, 0) is 21.2 Å². The fourth-order valence-electron chi connectivity index (χ4n) is 4.45. The van der Waals surface area contributed by atoms with E-state index in [0.717, 1.165) is 31.7 Å². The summed E-state index contributed by atoms with van der Waals surface area (Å²) in [6.45, 7) is 0.00954. The summed E-state index contributed by atoms with van der Waals surface area (Å²) in [6.07, 6.45) is 4.16. The molecule has 12 heteroatoms. The number of halogens is 2. The number of benzene rings is 2. The van der Waals surface area contributed by atoms with Gasteiger partial charge in [0, 0.05) is 11.1 Å². The number of hydrogen-bond donors (Lipinski definition) is 2. The first-order chi connectivity index (χ1) is 16.7. The Morgan fingerprint density at radius 3 is 2.60 bits per heavy atom. The Hall–Kier alpha value is -3.02. The molecule has 9 nitrogen and oxygen atoms in total. The number of hydrogen-bond acceptors (Lipinski definition) is 8. The van der Waals surface area contributed by atoms with Crippen LogP contribution < -0.4 is 16.0 Å². The lowest BCUT2D eigenvalue weighted by molar-refractivity contribution is -0.119. The molecule has 2 aromatic carbocycles. The third kappa shape index (κ3) is 4.75. The van der Waals surface area contributed by atoms with E-state index >= 15 is 4.39 Å². The van der Waals surface area contributed by atoms with Crippen molar-refractivity contribution in [2.75, 3.05) is 16.0 Å². The van der Waals surface area contributed by atoms with Gasteiger partial charge in [-0.05, 0) is 42.7 Å². The van der Waals surface area contributed by atoms with Gasteiger partial charge in [-0.15, -0.1) is 5.10 Å². The van der Waals surface area contributed by atoms with E-state index in [1.54, 1.807) is 24.3 Å². The largest absolute Gasteiger partial charge is 0.403 e. The van der Waals surface area contributed by atoms with E-state index in [1.807, 2.05) is 0 Å². The number of anilines is 2. The van der Waals surface area contributed by atoms with Crippen molar-refractivity contribution in [2.24, 2.45) is 5.73 Å². The minimum atomic E-state index is -4.05. The maximum absolute atomic E-state index is 15.2. The molecule has 1 aromatic heterocycles. The van der Waals surface area contributed by atoms with Gasteiger partial charge in [-0.1, -0.05) is 41.7 Å². The highest BCUT2D eigenvalue weighted by atomic mass is 35.5. The first kappa shape index (κ1) is 23.7. The maximum Gasteiger partial charge on any atom is 0.315 e. The van der Waals surface area contributed by atoms with Gasteiger partial charge in [0.05, 0.1) is 34.5 Å². The SMILES string of the molecule is N[C@H]1CS(=O)(=O)c2cc(F)c(-c3nnc(NC4CCCC4)o3)cc2N(Cc2ccc(Cl)cc2)C1=O. The Morgan fingerprint density at radius 2 is 1.89 bits per heavy atom. The summed E-state index contributed by atoms with van der Waals surface area (Å²) < 4.78 is 46.8. The predicted molar refractivity (Wildman–Crippen MR) is 128 cm³/mol. The quantitative estimate of drug-likeness (QED) is 0.523. The molecule has 1 saturated carbocycles. The van der Waals surface area contributed by atoms with Gasteiger partial charge >= 0.3 is 6.01 Å². The zero-order valence-electron chi connectivity index (χ0n) is 18.6. The standard InChI is InChI=1S/C23H23ClFN5O4S/c24-14-7-5-13(6-8-14)11-30-19-9-16(21-28-29-23(34-21)27-15-3-1-2-4-15)17(25)10-20(19)35(32,33)12-18(26)22(30)31/h5-10,15,18H,1-4,11-12,26H2,(H,27,29)/t18-/m0/s1. The van der Waals surface area contributed by atoms with Gasteiger partial charge in [0.25, 0.3) is 5.89 Å². The van der Waals surface area contributed by atoms with Crippen molar-refractivity contribution in [1.82, 2.24) is 10.2 Å². The minimum Gasteiger partial charge on any atom is -0.403 e. The molecule has 0 spiro atoms. The maximum atomic E-state index is 15.2. The zero-order chi connectivity index (χ0) is 24.7. The zero-order valence-corrected chi connectivity index (χ0v) is 20.2. The summed E-state index contributed by atoms with van der Waals surface area (Å²) in [6, 6.07) is 7.93. The van der Waals surface area contributed by atoms with Gasteiger partial charge in [0.2, 0.25) is 5.91 Å². The molecule has 3 N–H and O–H groups in total. The molecule has 3 aromatic rings. The van der Waals surface area contributed by atoms with E-state index in [9.17, 15) is 13.2 Å². The average Bonchev–Trinajstić information content (AvgIpc) is 3.49. The van der Waals surface area contributed by atoms with Crippen LogP contribution in [0.25, 0.3) is 11.5 Å². The van der Waals surface area contributed by atoms with Crippen molar-refractivity contribution in [3.8, 4) is 11.5 Å². The summed E-state index contributed by atoms with van der Waals surface area (Å²) in [5.41, 5.74) is 6.50. The van der Waals surface area contributed by atoms with Crippen molar-refractivity contribution in [3.63, 3.8) is 0 Å². The van der Waals surface area contributed by atoms with Crippen LogP contribution in [0.1, 0.15) is 31.2 Å². The monoisotopic (exact) mass is 519 g/mol. The lowest BCUT2D eigenvalue weighted by atomic mass is 10.1. The number of rotatable bonds is 5. The summed E-state index contributed by atoms with van der Waals surface area (Å²) in [5, 5.41) is 11.5. The number of amides is 1. The van der Waals surface area contributed by atoms with E-state index < -0.39 is 33.4 Å². The molecule has 2 heterocycles. The van der Waals surface area contributed by atoms with Crippen molar-refractivity contribution in [2.45, 2.75) is 49.2 Å². The number of nitrogens with two attached hydrogens (primary N) is 1. The minimum absolute atomic E-state index is 0.00204. The molecule has 0 unspecified atom stereocenters. The molecule has 1 atom stereocenters. The highest BCUT2D eigenvalue weighted by Gasteiger charge is 2.37. The second kappa shape index (κ2) is 9.21. The molecular weight excluding hydrogens is 497 g/mol. The number of nitrogens with zero attached hydrogens (tertiary/aromatic N) is 3. The molecule has 1 fully saturated rings. The van der Waals surface area contributed by atoms with Crippen LogP contribution in [-0.4, -0.2) is 42.4 Å². The molecule has 5 rings (SSSR count). The van der Waals surface area contributed by atoms with Crippen LogP contribution in [0.3, 0.4) is 0 Å². The molecule has 35 heavy (non-hydrogen) atoms. The third-order valence-electron chi connectivity index (χ3n) is 6.25. The summed E-state index contributed by atoms with van der Waals surface area (Å²) in [5.74, 6) is -2.23. The van der Waals surface area contributed by atoms with E-state index in [0.29, 0.717) is 10.6 Å². The van der Waals surface area contributed by atoms with Gasteiger partial charge in [-0.2, -0.15) is 0 Å². The second-order valence-corrected chi connectivity index (χ2v) is 11.2. The number of carbonyl (C=O) groups excluding carboxylic acids is 1. The second-order valence-electron chi connectivity index (χ2n) is 8.78. The van der Waals surface area contributed by atoms with Crippen LogP contribution in [0, 0.1) is 5.82 Å². The van der Waals surface area contributed by atoms with Gasteiger partial charge in [0.15, 0.2) is 9.84 Å². The Labute approximate surface area is 206 Å². The Bertz CT molecular complexity index is 1370. The summed E-state index contributed by atoms with van der Waals surface area (Å²) >= 11 is 5.96. The van der Waals surface area contributed by atoms with Crippen molar-refractivity contribution >= 4 is 39.0 Å². The molecule has 0 saturated heterocycles. The average molecular weight is 520 g/mol. The lowest BCUT2D eigenvalue weighted by Crippen LogP contribution is -2.45. The number of carbonyl (C=O) groups is 1. The molecule has 184 valence electrons. The van der Waals surface area contributed by atoms with Gasteiger partial charge < -0.3 is 20.4 Å². The predicted octanol–water partition coefficient (Wildman–Crippen LogP) is 3.53. The highest BCUT2D eigenvalue weighted by Crippen LogP contribution is 2.37. The van der Waals surface area contributed by atoms with Crippen molar-refractivity contribution < 1.29 is 22.0 Å². The van der Waals surface area contributed by atoms with Crippen LogP contribution >= 0.6 is 11.6 Å². The summed E-state index contributed by atoms with van der Waals surface area (Å²) in [7, 11) is -4.05. The fraction of sp³-hybridized carbons (Fsp3) is 0.348. The summed E-state index contributed by atoms with van der Waals surface area (Å²) in [4.78, 5) is 14.1. The molecule has 1 amide bonds. The van der Waals surface area contributed by atoms with E-state index in [1.165, 1.54) is 11.0 Å². The van der Waals surface area contributed by atoms with E-state index in [-0.39, 0.29) is 40.6 Å². The van der Waals surface area contributed by atoms with Gasteiger partial charge in [-0.25, -0.2) is 12.8 Å². The number of aromatic nitrogens is 2. The molecule has 1 aliphatic heterocycles. The number of sulfone groups is 1. The Morgan fingerprint density at radius 1 is 1.17 bits per heavy atom.